The quantitative estimate of drug-likeness (QED) is 0.810. The molecule has 3 aliphatic rings. The van der Waals surface area contributed by atoms with Gasteiger partial charge in [-0.05, 0) is 26.7 Å². The predicted molar refractivity (Wildman–Crippen MR) is 89.1 cm³/mol. The molecule has 0 amide bonds. The summed E-state index contributed by atoms with van der Waals surface area (Å²) < 4.78 is 11.7. The van der Waals surface area contributed by atoms with Crippen molar-refractivity contribution in [2.45, 2.75) is 51.1 Å². The van der Waals surface area contributed by atoms with Gasteiger partial charge in [-0.2, -0.15) is 5.26 Å². The highest BCUT2D eigenvalue weighted by Crippen LogP contribution is 2.31. The average molecular weight is 329 g/mol. The number of anilines is 2. The third-order valence-corrected chi connectivity index (χ3v) is 4.99. The Bertz CT molecular complexity index is 639. The van der Waals surface area contributed by atoms with E-state index < -0.39 is 0 Å². The van der Waals surface area contributed by atoms with E-state index in [2.05, 4.69) is 39.9 Å². The molecule has 4 rings (SSSR count). The van der Waals surface area contributed by atoms with Crippen LogP contribution in [0.3, 0.4) is 0 Å². The van der Waals surface area contributed by atoms with E-state index in [0.29, 0.717) is 17.9 Å². The van der Waals surface area contributed by atoms with E-state index in [4.69, 9.17) is 9.47 Å². The second kappa shape index (κ2) is 6.19. The maximum absolute atomic E-state index is 9.43. The van der Waals surface area contributed by atoms with Crippen molar-refractivity contribution in [1.82, 2.24) is 10.2 Å². The molecule has 0 aromatic carbocycles. The van der Waals surface area contributed by atoms with Crippen LogP contribution in [-0.4, -0.2) is 60.8 Å². The van der Waals surface area contributed by atoms with Gasteiger partial charge in [-0.3, -0.25) is 0 Å². The van der Waals surface area contributed by atoms with Crippen LogP contribution in [0.15, 0.2) is 6.07 Å². The molecule has 4 atom stereocenters. The normalized spacial score (nSPS) is 32.7. The highest BCUT2D eigenvalue weighted by Gasteiger charge is 2.35. The van der Waals surface area contributed by atoms with Crippen LogP contribution in [0.25, 0.3) is 0 Å². The van der Waals surface area contributed by atoms with Crippen molar-refractivity contribution in [3.05, 3.63) is 11.8 Å². The van der Waals surface area contributed by atoms with Gasteiger partial charge in [0.05, 0.1) is 30.1 Å². The van der Waals surface area contributed by atoms with Gasteiger partial charge in [0.25, 0.3) is 0 Å². The van der Waals surface area contributed by atoms with E-state index >= 15 is 0 Å². The Morgan fingerprint density at radius 2 is 1.67 bits per heavy atom. The second-order valence-corrected chi connectivity index (χ2v) is 7.07. The molecule has 3 aliphatic heterocycles. The van der Waals surface area contributed by atoms with Crippen molar-refractivity contribution in [2.75, 3.05) is 36.0 Å². The van der Waals surface area contributed by atoms with Crippen molar-refractivity contribution in [3.63, 3.8) is 0 Å². The molecule has 1 aromatic heterocycles. The molecular formula is C17H23N5O2. The Hall–Kier alpha value is -1.91. The lowest BCUT2D eigenvalue weighted by molar-refractivity contribution is -0.00525. The van der Waals surface area contributed by atoms with Crippen LogP contribution in [0, 0.1) is 11.3 Å². The number of nitriles is 1. The van der Waals surface area contributed by atoms with Gasteiger partial charge in [-0.1, -0.05) is 0 Å². The third-order valence-electron chi connectivity index (χ3n) is 4.99. The van der Waals surface area contributed by atoms with Gasteiger partial charge in [0, 0.05) is 32.2 Å². The van der Waals surface area contributed by atoms with Gasteiger partial charge in [0.15, 0.2) is 11.5 Å². The lowest BCUT2D eigenvalue weighted by Crippen LogP contribution is -2.46. The highest BCUT2D eigenvalue weighted by molar-refractivity contribution is 5.61. The number of aromatic nitrogens is 2. The number of fused-ring (bicyclic) bond motifs is 2. The first kappa shape index (κ1) is 15.6. The minimum atomic E-state index is 0.135. The summed E-state index contributed by atoms with van der Waals surface area (Å²) in [5.74, 6) is 0.844. The molecular weight excluding hydrogens is 306 g/mol. The van der Waals surface area contributed by atoms with Crippen LogP contribution in [-0.2, 0) is 9.47 Å². The SMILES string of the molecule is C[C@@H]1CN(c2cc(N3CC4CCC(C3)O4)nnc2C#N)C[C@H](C)O1. The van der Waals surface area contributed by atoms with Gasteiger partial charge < -0.3 is 19.3 Å². The van der Waals surface area contributed by atoms with Gasteiger partial charge >= 0.3 is 0 Å². The Balaban J connectivity index is 1.62. The Morgan fingerprint density at radius 3 is 2.29 bits per heavy atom. The smallest absolute Gasteiger partial charge is 0.186 e. The van der Waals surface area contributed by atoms with Crippen molar-refractivity contribution >= 4 is 11.5 Å². The molecule has 4 heterocycles. The van der Waals surface area contributed by atoms with E-state index in [1.165, 1.54) is 0 Å². The monoisotopic (exact) mass is 329 g/mol. The summed E-state index contributed by atoms with van der Waals surface area (Å²) in [6, 6.07) is 4.20. The minimum absolute atomic E-state index is 0.135. The highest BCUT2D eigenvalue weighted by atomic mass is 16.5. The van der Waals surface area contributed by atoms with Crippen molar-refractivity contribution in [2.24, 2.45) is 0 Å². The molecule has 1 aromatic rings. The molecule has 0 spiro atoms. The van der Waals surface area contributed by atoms with E-state index in [9.17, 15) is 5.26 Å². The Morgan fingerprint density at radius 1 is 1.00 bits per heavy atom. The van der Waals surface area contributed by atoms with Gasteiger partial charge in [0.2, 0.25) is 0 Å². The zero-order valence-electron chi connectivity index (χ0n) is 14.2. The molecule has 0 radical (unpaired) electrons. The number of nitrogens with zero attached hydrogens (tertiary/aromatic N) is 5. The first-order valence-electron chi connectivity index (χ1n) is 8.71. The van der Waals surface area contributed by atoms with Crippen molar-refractivity contribution in [1.29, 1.82) is 5.26 Å². The van der Waals surface area contributed by atoms with Crippen molar-refractivity contribution < 1.29 is 9.47 Å². The molecule has 0 N–H and O–H groups in total. The van der Waals surface area contributed by atoms with E-state index in [1.807, 2.05) is 6.07 Å². The summed E-state index contributed by atoms with van der Waals surface area (Å²) in [6.07, 6.45) is 3.11. The zero-order valence-corrected chi connectivity index (χ0v) is 14.2. The van der Waals surface area contributed by atoms with Gasteiger partial charge in [-0.15, -0.1) is 10.2 Å². The van der Waals surface area contributed by atoms with E-state index in [1.54, 1.807) is 0 Å². The summed E-state index contributed by atoms with van der Waals surface area (Å²) in [6.45, 7) is 7.35. The maximum atomic E-state index is 9.43. The van der Waals surface area contributed by atoms with Gasteiger partial charge in [-0.25, -0.2) is 0 Å². The summed E-state index contributed by atoms with van der Waals surface area (Å²) in [5, 5.41) is 17.9. The minimum Gasteiger partial charge on any atom is -0.372 e. The predicted octanol–water partition coefficient (Wildman–Crippen LogP) is 1.33. The molecule has 7 nitrogen and oxygen atoms in total. The molecule has 24 heavy (non-hydrogen) atoms. The second-order valence-electron chi connectivity index (χ2n) is 7.07. The number of hydrogen-bond donors (Lipinski definition) is 0. The number of hydrogen-bond acceptors (Lipinski definition) is 7. The largest absolute Gasteiger partial charge is 0.372 e. The number of morpholine rings is 2. The fourth-order valence-corrected chi connectivity index (χ4v) is 4.02. The Labute approximate surface area is 142 Å². The average Bonchev–Trinajstić information content (AvgIpc) is 2.91. The molecule has 2 bridgehead atoms. The lowest BCUT2D eigenvalue weighted by atomic mass is 10.2. The molecule has 0 saturated carbocycles. The Kier molecular flexibility index (Phi) is 4.02. The first-order chi connectivity index (χ1) is 11.6. The van der Waals surface area contributed by atoms with Crippen LogP contribution in [0.4, 0.5) is 11.5 Å². The summed E-state index contributed by atoms with van der Waals surface area (Å²) >= 11 is 0. The molecule has 2 unspecified atom stereocenters. The fourth-order valence-electron chi connectivity index (χ4n) is 4.02. The first-order valence-corrected chi connectivity index (χ1v) is 8.71. The third kappa shape index (κ3) is 2.92. The van der Waals surface area contributed by atoms with Crippen LogP contribution in [0.5, 0.6) is 0 Å². The number of ether oxygens (including phenoxy) is 2. The molecule has 128 valence electrons. The summed E-state index contributed by atoms with van der Waals surface area (Å²) in [5.41, 5.74) is 1.25. The zero-order chi connectivity index (χ0) is 16.7. The summed E-state index contributed by atoms with van der Waals surface area (Å²) in [4.78, 5) is 4.45. The van der Waals surface area contributed by atoms with Crippen LogP contribution in [0.1, 0.15) is 32.4 Å². The lowest BCUT2D eigenvalue weighted by Gasteiger charge is -2.37. The van der Waals surface area contributed by atoms with Crippen LogP contribution in [0.2, 0.25) is 0 Å². The van der Waals surface area contributed by atoms with Crippen LogP contribution >= 0.6 is 0 Å². The van der Waals surface area contributed by atoms with E-state index in [-0.39, 0.29) is 12.2 Å². The molecule has 7 heteroatoms. The molecule has 3 saturated heterocycles. The maximum Gasteiger partial charge on any atom is 0.186 e. The van der Waals surface area contributed by atoms with Crippen molar-refractivity contribution in [3.8, 4) is 6.07 Å². The van der Waals surface area contributed by atoms with E-state index in [0.717, 1.165) is 50.5 Å². The topological polar surface area (TPSA) is 74.5 Å². The standard InChI is InChI=1S/C17H23N5O2/c1-11-7-21(8-12(2)23-11)16-5-17(20-19-15(16)6-18)22-9-13-3-4-14(10-22)24-13/h5,11-14H,3-4,7-10H2,1-2H3/t11-,12+,13?,14?. The van der Waals surface area contributed by atoms with Gasteiger partial charge in [0.1, 0.15) is 6.07 Å². The summed E-state index contributed by atoms with van der Waals surface area (Å²) in [7, 11) is 0. The molecule has 3 fully saturated rings. The van der Waals surface area contributed by atoms with Crippen LogP contribution < -0.4 is 9.80 Å². The fraction of sp³-hybridized carbons (Fsp3) is 0.706. The number of rotatable bonds is 2. The molecule has 0 aliphatic carbocycles.